The smallest absolute Gasteiger partial charge is 0.0551 e. The maximum Gasteiger partial charge on any atom is 0.0551 e. The first-order valence-corrected chi connectivity index (χ1v) is 3.70. The lowest BCUT2D eigenvalue weighted by atomic mass is 10.0. The van der Waals surface area contributed by atoms with E-state index < -0.39 is 0 Å². The molecule has 0 unspecified atom stereocenters. The molecule has 1 rings (SSSR count). The first-order chi connectivity index (χ1) is 4.83. The molecule has 56 valence electrons. The molecule has 1 heteroatoms. The summed E-state index contributed by atoms with van der Waals surface area (Å²) in [4.78, 5) is 0. The van der Waals surface area contributed by atoms with Gasteiger partial charge in [0.05, 0.1) is 6.10 Å². The van der Waals surface area contributed by atoms with Crippen molar-refractivity contribution in [3.63, 3.8) is 0 Å². The summed E-state index contributed by atoms with van der Waals surface area (Å²) in [6, 6.07) is 0. The molecule has 0 aliphatic heterocycles. The SMILES string of the molecule is CO[C@@H](C)CC1C=CC=C1. The third kappa shape index (κ3) is 1.99. The molecule has 0 aromatic rings. The Morgan fingerprint density at radius 2 is 2.00 bits per heavy atom. The van der Waals surface area contributed by atoms with Crippen molar-refractivity contribution in [2.24, 2.45) is 5.92 Å². The number of ether oxygens (including phenoxy) is 1. The van der Waals surface area contributed by atoms with Crippen molar-refractivity contribution >= 4 is 0 Å². The summed E-state index contributed by atoms with van der Waals surface area (Å²) in [5.74, 6) is 0.606. The minimum Gasteiger partial charge on any atom is -0.382 e. The fourth-order valence-corrected chi connectivity index (χ4v) is 1.11. The summed E-state index contributed by atoms with van der Waals surface area (Å²) >= 11 is 0. The summed E-state index contributed by atoms with van der Waals surface area (Å²) < 4.78 is 5.14. The fourth-order valence-electron chi connectivity index (χ4n) is 1.11. The molecule has 0 spiro atoms. The van der Waals surface area contributed by atoms with Crippen LogP contribution in [-0.4, -0.2) is 13.2 Å². The van der Waals surface area contributed by atoms with Crippen LogP contribution in [0.2, 0.25) is 0 Å². The molecule has 1 nitrogen and oxygen atoms in total. The highest BCUT2D eigenvalue weighted by molar-refractivity contribution is 5.17. The highest BCUT2D eigenvalue weighted by atomic mass is 16.5. The number of allylic oxidation sites excluding steroid dienone is 4. The van der Waals surface area contributed by atoms with Crippen LogP contribution >= 0.6 is 0 Å². The van der Waals surface area contributed by atoms with E-state index in [-0.39, 0.29) is 0 Å². The Labute approximate surface area is 62.4 Å². The second-order valence-corrected chi connectivity index (χ2v) is 2.72. The van der Waals surface area contributed by atoms with Gasteiger partial charge in [0.15, 0.2) is 0 Å². The van der Waals surface area contributed by atoms with Crippen molar-refractivity contribution in [3.8, 4) is 0 Å². The van der Waals surface area contributed by atoms with E-state index in [0.29, 0.717) is 12.0 Å². The molecule has 1 atom stereocenters. The zero-order valence-electron chi connectivity index (χ0n) is 6.58. The maximum absolute atomic E-state index is 5.14. The van der Waals surface area contributed by atoms with Gasteiger partial charge < -0.3 is 4.74 Å². The fraction of sp³-hybridized carbons (Fsp3) is 0.556. The van der Waals surface area contributed by atoms with Gasteiger partial charge in [-0.05, 0) is 19.3 Å². The van der Waals surface area contributed by atoms with Gasteiger partial charge in [-0.15, -0.1) is 0 Å². The summed E-state index contributed by atoms with van der Waals surface area (Å²) in [6.07, 6.45) is 10.1. The molecule has 0 amide bonds. The molecule has 0 fully saturated rings. The minimum absolute atomic E-state index is 0.373. The normalized spacial score (nSPS) is 20.2. The average molecular weight is 138 g/mol. The second-order valence-electron chi connectivity index (χ2n) is 2.72. The van der Waals surface area contributed by atoms with Crippen molar-refractivity contribution in [1.82, 2.24) is 0 Å². The van der Waals surface area contributed by atoms with Crippen LogP contribution in [0.4, 0.5) is 0 Å². The minimum atomic E-state index is 0.373. The quantitative estimate of drug-likeness (QED) is 0.580. The third-order valence-electron chi connectivity index (χ3n) is 1.83. The number of hydrogen-bond acceptors (Lipinski definition) is 1. The van der Waals surface area contributed by atoms with E-state index in [1.807, 2.05) is 0 Å². The van der Waals surface area contributed by atoms with Crippen molar-refractivity contribution in [3.05, 3.63) is 24.3 Å². The van der Waals surface area contributed by atoms with Gasteiger partial charge in [0.2, 0.25) is 0 Å². The van der Waals surface area contributed by atoms with Crippen LogP contribution < -0.4 is 0 Å². The molecular formula is C9H14O. The van der Waals surface area contributed by atoms with Gasteiger partial charge in [-0.3, -0.25) is 0 Å². The molecular weight excluding hydrogens is 124 g/mol. The molecule has 1 aliphatic rings. The Bertz CT molecular complexity index is 135. The highest BCUT2D eigenvalue weighted by Crippen LogP contribution is 2.16. The summed E-state index contributed by atoms with van der Waals surface area (Å²) in [5.41, 5.74) is 0. The zero-order chi connectivity index (χ0) is 7.40. The zero-order valence-corrected chi connectivity index (χ0v) is 6.58. The molecule has 0 aromatic carbocycles. The molecule has 0 saturated carbocycles. The van der Waals surface area contributed by atoms with Crippen LogP contribution in [-0.2, 0) is 4.74 Å². The van der Waals surface area contributed by atoms with Crippen LogP contribution in [0.15, 0.2) is 24.3 Å². The first-order valence-electron chi connectivity index (χ1n) is 3.70. The van der Waals surface area contributed by atoms with Gasteiger partial charge in [0.1, 0.15) is 0 Å². The van der Waals surface area contributed by atoms with E-state index >= 15 is 0 Å². The maximum atomic E-state index is 5.14. The molecule has 1 aliphatic carbocycles. The van der Waals surface area contributed by atoms with Gasteiger partial charge in [-0.1, -0.05) is 24.3 Å². The third-order valence-corrected chi connectivity index (χ3v) is 1.83. The lowest BCUT2D eigenvalue weighted by Gasteiger charge is -2.11. The molecule has 0 N–H and O–H groups in total. The van der Waals surface area contributed by atoms with Gasteiger partial charge >= 0.3 is 0 Å². The van der Waals surface area contributed by atoms with Crippen LogP contribution in [0.5, 0.6) is 0 Å². The highest BCUT2D eigenvalue weighted by Gasteiger charge is 2.07. The Balaban J connectivity index is 2.25. The van der Waals surface area contributed by atoms with E-state index in [4.69, 9.17) is 4.74 Å². The first kappa shape index (κ1) is 7.55. The lowest BCUT2D eigenvalue weighted by molar-refractivity contribution is 0.105. The molecule has 0 saturated heterocycles. The molecule has 0 aromatic heterocycles. The van der Waals surface area contributed by atoms with E-state index in [0.717, 1.165) is 6.42 Å². The predicted molar refractivity (Wildman–Crippen MR) is 42.9 cm³/mol. The Hall–Kier alpha value is -0.560. The Morgan fingerprint density at radius 3 is 2.50 bits per heavy atom. The van der Waals surface area contributed by atoms with Crippen LogP contribution in [0.25, 0.3) is 0 Å². The number of methoxy groups -OCH3 is 1. The molecule has 10 heavy (non-hydrogen) atoms. The largest absolute Gasteiger partial charge is 0.382 e. The number of rotatable bonds is 3. The van der Waals surface area contributed by atoms with Gasteiger partial charge in [0, 0.05) is 7.11 Å². The van der Waals surface area contributed by atoms with E-state index in [9.17, 15) is 0 Å². The topological polar surface area (TPSA) is 9.23 Å². The average Bonchev–Trinajstić information content (AvgIpc) is 2.40. The Morgan fingerprint density at radius 1 is 1.40 bits per heavy atom. The van der Waals surface area contributed by atoms with E-state index in [2.05, 4.69) is 31.2 Å². The predicted octanol–water partition coefficient (Wildman–Crippen LogP) is 2.15. The lowest BCUT2D eigenvalue weighted by Crippen LogP contribution is -2.08. The van der Waals surface area contributed by atoms with E-state index in [1.54, 1.807) is 7.11 Å². The standard InChI is InChI=1S/C9H14O/c1-8(10-2)7-9-5-3-4-6-9/h3-6,8-9H,7H2,1-2H3/t8-/m0/s1. The summed E-state index contributed by atoms with van der Waals surface area (Å²) in [7, 11) is 1.76. The van der Waals surface area contributed by atoms with E-state index in [1.165, 1.54) is 0 Å². The summed E-state index contributed by atoms with van der Waals surface area (Å²) in [5, 5.41) is 0. The van der Waals surface area contributed by atoms with Gasteiger partial charge in [0.25, 0.3) is 0 Å². The molecule has 0 heterocycles. The van der Waals surface area contributed by atoms with Gasteiger partial charge in [-0.25, -0.2) is 0 Å². The van der Waals surface area contributed by atoms with Crippen LogP contribution in [0, 0.1) is 5.92 Å². The molecule has 0 radical (unpaired) electrons. The monoisotopic (exact) mass is 138 g/mol. The second kappa shape index (κ2) is 3.57. The van der Waals surface area contributed by atoms with Crippen molar-refractivity contribution in [1.29, 1.82) is 0 Å². The number of hydrogen-bond donors (Lipinski definition) is 0. The summed E-state index contributed by atoms with van der Waals surface area (Å²) in [6.45, 7) is 2.10. The van der Waals surface area contributed by atoms with Crippen LogP contribution in [0.3, 0.4) is 0 Å². The van der Waals surface area contributed by atoms with Crippen LogP contribution in [0.1, 0.15) is 13.3 Å². The molecule has 0 bridgehead atoms. The van der Waals surface area contributed by atoms with Gasteiger partial charge in [-0.2, -0.15) is 0 Å². The Kier molecular flexibility index (Phi) is 2.69. The van der Waals surface area contributed by atoms with Crippen molar-refractivity contribution in [2.75, 3.05) is 7.11 Å². The van der Waals surface area contributed by atoms with Crippen molar-refractivity contribution < 1.29 is 4.74 Å². The van der Waals surface area contributed by atoms with Crippen molar-refractivity contribution in [2.45, 2.75) is 19.4 Å².